The van der Waals surface area contributed by atoms with Crippen molar-refractivity contribution in [3.05, 3.63) is 100 Å². The zero-order valence-corrected chi connectivity index (χ0v) is 26.2. The summed E-state index contributed by atoms with van der Waals surface area (Å²) >= 11 is 0. The van der Waals surface area contributed by atoms with E-state index in [0.29, 0.717) is 32.2 Å². The number of benzene rings is 2. The first-order chi connectivity index (χ1) is 22.2. The fourth-order valence-corrected chi connectivity index (χ4v) is 8.74. The monoisotopic (exact) mass is 654 g/mol. The lowest BCUT2D eigenvalue weighted by Gasteiger charge is -2.56. The fraction of sp³-hybridized carbons (Fsp3) is 0.459. The highest BCUT2D eigenvalue weighted by atomic mass is 19.4. The Kier molecular flexibility index (Phi) is 8.70. The van der Waals surface area contributed by atoms with Crippen molar-refractivity contribution in [2.24, 2.45) is 17.3 Å². The molecule has 0 heterocycles. The Balaban J connectivity index is 1.25. The van der Waals surface area contributed by atoms with Gasteiger partial charge in [-0.25, -0.2) is 4.79 Å². The number of halogens is 5. The zero-order valence-electron chi connectivity index (χ0n) is 26.2. The molecule has 2 fully saturated rings. The van der Waals surface area contributed by atoms with Crippen LogP contribution in [0.25, 0.3) is 6.08 Å². The van der Waals surface area contributed by atoms with Crippen LogP contribution in [0.2, 0.25) is 0 Å². The minimum Gasteiger partial charge on any atom is -0.383 e. The molecule has 2 unspecified atom stereocenters. The molecule has 3 N–H and O–H groups in total. The number of alkyl halides is 5. The van der Waals surface area contributed by atoms with Gasteiger partial charge in [0, 0.05) is 30.8 Å². The summed E-state index contributed by atoms with van der Waals surface area (Å²) in [5, 5.41) is 17.0. The Hall–Kier alpha value is -3.79. The van der Waals surface area contributed by atoms with Gasteiger partial charge < -0.3 is 15.7 Å². The second kappa shape index (κ2) is 12.3. The molecule has 47 heavy (non-hydrogen) atoms. The average Bonchev–Trinajstić information content (AvgIpc) is 3.33. The SMILES string of the molecule is C[C@]12C[C@H](c3ccc(/C=C/CNC(=O)NCc4ccccc4)cc3)C3=C4CCC(=O)C=C4CCC3C1CC[C@@]2(O)C(F)(F)C(F)(F)F. The first-order valence-electron chi connectivity index (χ1n) is 16.2. The van der Waals surface area contributed by atoms with Crippen LogP contribution in [0.5, 0.6) is 0 Å². The second-order valence-corrected chi connectivity index (χ2v) is 13.6. The molecule has 4 aliphatic rings. The molecule has 2 saturated carbocycles. The highest BCUT2D eigenvalue weighted by molar-refractivity contribution is 5.93. The number of hydrogen-bond donors (Lipinski definition) is 3. The molecule has 0 aromatic heterocycles. The van der Waals surface area contributed by atoms with E-state index in [9.17, 15) is 27.9 Å². The van der Waals surface area contributed by atoms with Crippen LogP contribution in [-0.2, 0) is 11.3 Å². The number of carbonyl (C=O) groups is 2. The number of allylic oxidation sites excluding steroid dienone is 4. The van der Waals surface area contributed by atoms with Crippen LogP contribution < -0.4 is 10.6 Å². The van der Waals surface area contributed by atoms with E-state index < -0.39 is 41.4 Å². The maximum absolute atomic E-state index is 15.2. The van der Waals surface area contributed by atoms with Crippen LogP contribution in [0.15, 0.2) is 83.5 Å². The normalized spacial score (nSPS) is 29.2. The molecule has 0 spiro atoms. The molecule has 2 aromatic rings. The number of rotatable bonds is 7. The summed E-state index contributed by atoms with van der Waals surface area (Å²) in [5.74, 6) is -6.53. The van der Waals surface area contributed by atoms with Crippen molar-refractivity contribution in [1.82, 2.24) is 10.6 Å². The van der Waals surface area contributed by atoms with E-state index in [1.54, 1.807) is 12.2 Å². The number of aliphatic hydroxyl groups is 1. The molecular formula is C37H39F5N2O3. The molecule has 0 aliphatic heterocycles. The number of ketones is 1. The Bertz CT molecular complexity index is 1610. The molecule has 10 heteroatoms. The molecule has 250 valence electrons. The van der Waals surface area contributed by atoms with Gasteiger partial charge in [-0.15, -0.1) is 0 Å². The maximum atomic E-state index is 15.2. The lowest BCUT2D eigenvalue weighted by atomic mass is 9.50. The van der Waals surface area contributed by atoms with Crippen LogP contribution in [-0.4, -0.2) is 41.2 Å². The second-order valence-electron chi connectivity index (χ2n) is 13.6. The Morgan fingerprint density at radius 3 is 2.40 bits per heavy atom. The van der Waals surface area contributed by atoms with E-state index in [1.807, 2.05) is 60.7 Å². The van der Waals surface area contributed by atoms with Crippen molar-refractivity contribution in [1.29, 1.82) is 0 Å². The van der Waals surface area contributed by atoms with E-state index in [0.717, 1.165) is 33.4 Å². The molecule has 6 rings (SSSR count). The highest BCUT2D eigenvalue weighted by Gasteiger charge is 2.79. The van der Waals surface area contributed by atoms with Gasteiger partial charge in [-0.3, -0.25) is 4.79 Å². The molecular weight excluding hydrogens is 615 g/mol. The summed E-state index contributed by atoms with van der Waals surface area (Å²) in [7, 11) is 0. The minimum absolute atomic E-state index is 0.0411. The van der Waals surface area contributed by atoms with Gasteiger partial charge in [0.2, 0.25) is 0 Å². The predicted molar refractivity (Wildman–Crippen MR) is 168 cm³/mol. The third-order valence-electron chi connectivity index (χ3n) is 11.1. The number of nitrogens with one attached hydrogen (secondary N) is 2. The first-order valence-corrected chi connectivity index (χ1v) is 16.2. The van der Waals surface area contributed by atoms with E-state index in [-0.39, 0.29) is 37.1 Å². The molecule has 4 aliphatic carbocycles. The third kappa shape index (κ3) is 5.83. The van der Waals surface area contributed by atoms with Crippen LogP contribution in [0.4, 0.5) is 26.7 Å². The summed E-state index contributed by atoms with van der Waals surface area (Å²) in [5.41, 5.74) is 0.653. The van der Waals surface area contributed by atoms with Gasteiger partial charge >= 0.3 is 18.1 Å². The Morgan fingerprint density at radius 2 is 1.70 bits per heavy atom. The van der Waals surface area contributed by atoms with E-state index in [1.165, 1.54) is 6.92 Å². The van der Waals surface area contributed by atoms with Crippen molar-refractivity contribution in [3.63, 3.8) is 0 Å². The van der Waals surface area contributed by atoms with Gasteiger partial charge in [0.05, 0.1) is 0 Å². The number of hydrogen-bond acceptors (Lipinski definition) is 3. The molecule has 0 bridgehead atoms. The number of urea groups is 1. The van der Waals surface area contributed by atoms with Gasteiger partial charge in [-0.2, -0.15) is 22.0 Å². The highest BCUT2D eigenvalue weighted by Crippen LogP contribution is 2.70. The molecule has 2 aromatic carbocycles. The van der Waals surface area contributed by atoms with Crippen molar-refractivity contribution in [2.75, 3.05) is 6.54 Å². The van der Waals surface area contributed by atoms with Crippen molar-refractivity contribution in [3.8, 4) is 0 Å². The molecule has 5 nitrogen and oxygen atoms in total. The summed E-state index contributed by atoms with van der Waals surface area (Å²) in [6, 6.07) is 16.6. The van der Waals surface area contributed by atoms with Gasteiger partial charge in [0.15, 0.2) is 5.78 Å². The Morgan fingerprint density at radius 1 is 0.979 bits per heavy atom. The van der Waals surface area contributed by atoms with Gasteiger partial charge in [-0.05, 0) is 84.3 Å². The van der Waals surface area contributed by atoms with Crippen LogP contribution in [0.3, 0.4) is 0 Å². The quantitative estimate of drug-likeness (QED) is 0.265. The van der Waals surface area contributed by atoms with E-state index in [4.69, 9.17) is 0 Å². The minimum atomic E-state index is -5.88. The number of carbonyl (C=O) groups excluding carboxylic acids is 2. The predicted octanol–water partition coefficient (Wildman–Crippen LogP) is 8.03. The standard InChI is InChI=1S/C37H39F5N2O3/c1-34-21-30(25-11-9-23(10-12-25)8-5-19-43-33(46)44-22-24-6-3-2-4-7-24)32-28-16-14-27(45)20-26(28)13-15-29(32)31(34)17-18-35(34,47)36(38,39)37(40,41)42/h2-12,20,29-31,47H,13-19,21-22H2,1H3,(H2,43,44,46)/b8-5+/t29?,30-,31?,34+,35+/m1/s1. The van der Waals surface area contributed by atoms with E-state index >= 15 is 8.78 Å². The Labute approximate surface area is 271 Å². The lowest BCUT2D eigenvalue weighted by Crippen LogP contribution is -2.65. The summed E-state index contributed by atoms with van der Waals surface area (Å²) in [6.45, 7) is 2.10. The number of amides is 2. The molecule has 5 atom stereocenters. The van der Waals surface area contributed by atoms with Crippen LogP contribution in [0, 0.1) is 17.3 Å². The fourth-order valence-electron chi connectivity index (χ4n) is 8.74. The summed E-state index contributed by atoms with van der Waals surface area (Å²) in [4.78, 5) is 24.4. The van der Waals surface area contributed by atoms with Gasteiger partial charge in [0.1, 0.15) is 5.60 Å². The van der Waals surface area contributed by atoms with Crippen molar-refractivity contribution in [2.45, 2.75) is 82.0 Å². The molecule has 0 saturated heterocycles. The molecule has 2 amide bonds. The average molecular weight is 655 g/mol. The van der Waals surface area contributed by atoms with Crippen LogP contribution >= 0.6 is 0 Å². The smallest absolute Gasteiger partial charge is 0.383 e. The van der Waals surface area contributed by atoms with Gasteiger partial charge in [-0.1, -0.05) is 79.2 Å². The van der Waals surface area contributed by atoms with Crippen LogP contribution in [0.1, 0.15) is 74.5 Å². The topological polar surface area (TPSA) is 78.4 Å². The maximum Gasteiger partial charge on any atom is 0.456 e. The summed E-state index contributed by atoms with van der Waals surface area (Å²) < 4.78 is 71.8. The lowest BCUT2D eigenvalue weighted by molar-refractivity contribution is -0.362. The largest absolute Gasteiger partial charge is 0.456 e. The zero-order chi connectivity index (χ0) is 33.6. The van der Waals surface area contributed by atoms with Gasteiger partial charge in [0.25, 0.3) is 0 Å². The van der Waals surface area contributed by atoms with Crippen molar-refractivity contribution >= 4 is 17.9 Å². The number of fused-ring (bicyclic) bond motifs is 4. The molecule has 0 radical (unpaired) electrons. The summed E-state index contributed by atoms with van der Waals surface area (Å²) in [6.07, 6.45) is 0.742. The first kappa shape index (κ1) is 33.1. The third-order valence-corrected chi connectivity index (χ3v) is 11.1. The van der Waals surface area contributed by atoms with Crippen molar-refractivity contribution < 1.29 is 36.6 Å². The van der Waals surface area contributed by atoms with E-state index in [2.05, 4.69) is 10.6 Å².